The number of hydrogen-bond donors (Lipinski definition) is 2. The lowest BCUT2D eigenvalue weighted by molar-refractivity contribution is 0.101. The molecule has 88 valence electrons. The van der Waals surface area contributed by atoms with Crippen molar-refractivity contribution in [1.82, 2.24) is 14.8 Å². The Morgan fingerprint density at radius 3 is 3.06 bits per heavy atom. The van der Waals surface area contributed by atoms with Crippen molar-refractivity contribution < 1.29 is 4.79 Å². The van der Waals surface area contributed by atoms with Gasteiger partial charge in [-0.15, -0.1) is 0 Å². The molecule has 1 fully saturated rings. The van der Waals surface area contributed by atoms with Gasteiger partial charge in [0.1, 0.15) is 11.5 Å². The third-order valence-corrected chi connectivity index (χ3v) is 3.02. The monoisotopic (exact) mass is 230 g/mol. The molecule has 3 rings (SSSR count). The summed E-state index contributed by atoms with van der Waals surface area (Å²) in [6.07, 6.45) is 4.25. The van der Waals surface area contributed by atoms with E-state index in [0.717, 1.165) is 5.69 Å². The topological polar surface area (TPSA) is 62.7 Å². The van der Waals surface area contributed by atoms with E-state index in [1.54, 1.807) is 10.6 Å². The summed E-state index contributed by atoms with van der Waals surface area (Å²) in [4.78, 5) is 11.9. The number of hydrogen-bond acceptors (Lipinski definition) is 2. The fourth-order valence-electron chi connectivity index (χ4n) is 1.87. The lowest BCUT2D eigenvalue weighted by Gasteiger charge is -2.02. The molecule has 0 unspecified atom stereocenters. The molecule has 0 saturated heterocycles. The van der Waals surface area contributed by atoms with Crippen molar-refractivity contribution in [1.29, 1.82) is 0 Å². The maximum Gasteiger partial charge on any atom is 0.273 e. The minimum absolute atomic E-state index is 0.122. The van der Waals surface area contributed by atoms with Crippen molar-refractivity contribution in [3.8, 4) is 0 Å². The molecule has 2 heterocycles. The summed E-state index contributed by atoms with van der Waals surface area (Å²) >= 11 is 0. The molecule has 0 aliphatic heterocycles. The van der Waals surface area contributed by atoms with Gasteiger partial charge in [-0.2, -0.15) is 5.10 Å². The van der Waals surface area contributed by atoms with Gasteiger partial charge in [0, 0.05) is 25.2 Å². The molecule has 1 aliphatic rings. The van der Waals surface area contributed by atoms with Crippen molar-refractivity contribution in [2.75, 3.05) is 5.32 Å². The Morgan fingerprint density at radius 1 is 1.59 bits per heavy atom. The number of anilines is 1. The number of H-pyrrole nitrogens is 1. The molecule has 1 aliphatic carbocycles. The molecular weight excluding hydrogens is 216 g/mol. The van der Waals surface area contributed by atoms with E-state index >= 15 is 0 Å². The standard InChI is InChI=1S/C12H14N4O/c1-16-6-2-3-10(16)12(17)13-11-7-9(14-15-11)8-4-5-8/h2-3,6-8H,4-5H2,1H3,(H2,13,14,15,17). The molecule has 1 amide bonds. The van der Waals surface area contributed by atoms with Crippen molar-refractivity contribution >= 4 is 11.7 Å². The van der Waals surface area contributed by atoms with Crippen LogP contribution in [0.15, 0.2) is 24.4 Å². The molecule has 0 spiro atoms. The highest BCUT2D eigenvalue weighted by molar-refractivity contribution is 6.02. The Balaban J connectivity index is 1.73. The van der Waals surface area contributed by atoms with Crippen LogP contribution >= 0.6 is 0 Å². The van der Waals surface area contributed by atoms with E-state index < -0.39 is 0 Å². The van der Waals surface area contributed by atoms with E-state index in [1.807, 2.05) is 25.4 Å². The smallest absolute Gasteiger partial charge is 0.273 e. The van der Waals surface area contributed by atoms with Gasteiger partial charge >= 0.3 is 0 Å². The molecule has 0 radical (unpaired) electrons. The van der Waals surface area contributed by atoms with Crippen molar-refractivity contribution in [3.05, 3.63) is 35.8 Å². The Morgan fingerprint density at radius 2 is 2.41 bits per heavy atom. The number of carbonyl (C=O) groups is 1. The minimum atomic E-state index is -0.122. The Labute approximate surface area is 98.8 Å². The van der Waals surface area contributed by atoms with E-state index in [0.29, 0.717) is 17.4 Å². The summed E-state index contributed by atoms with van der Waals surface area (Å²) in [5, 5.41) is 9.85. The summed E-state index contributed by atoms with van der Waals surface area (Å²) in [6, 6.07) is 5.55. The Bertz CT molecular complexity index is 550. The molecule has 2 aromatic rings. The van der Waals surface area contributed by atoms with Crippen LogP contribution in [-0.2, 0) is 7.05 Å². The van der Waals surface area contributed by atoms with Gasteiger partial charge in [0.05, 0.1) is 5.69 Å². The Hall–Kier alpha value is -2.04. The first-order valence-electron chi connectivity index (χ1n) is 5.72. The predicted octanol–water partition coefficient (Wildman–Crippen LogP) is 1.88. The number of aromatic amines is 1. The SMILES string of the molecule is Cn1cccc1C(=O)Nc1cc(C2CC2)n[nH]1. The summed E-state index contributed by atoms with van der Waals surface area (Å²) in [6.45, 7) is 0. The number of aryl methyl sites for hydroxylation is 1. The van der Waals surface area contributed by atoms with Gasteiger partial charge in [0.2, 0.25) is 0 Å². The molecule has 17 heavy (non-hydrogen) atoms. The largest absolute Gasteiger partial charge is 0.347 e. The molecule has 2 N–H and O–H groups in total. The summed E-state index contributed by atoms with van der Waals surface area (Å²) in [5.41, 5.74) is 1.68. The fourth-order valence-corrected chi connectivity index (χ4v) is 1.87. The van der Waals surface area contributed by atoms with Crippen LogP contribution in [-0.4, -0.2) is 20.7 Å². The molecule has 0 aromatic carbocycles. The average molecular weight is 230 g/mol. The van der Waals surface area contributed by atoms with Gasteiger partial charge in [0.25, 0.3) is 5.91 Å². The van der Waals surface area contributed by atoms with Crippen LogP contribution in [0.2, 0.25) is 0 Å². The number of rotatable bonds is 3. The van der Waals surface area contributed by atoms with E-state index in [4.69, 9.17) is 0 Å². The average Bonchev–Trinajstić information content (AvgIpc) is 2.90. The molecule has 2 aromatic heterocycles. The first-order chi connectivity index (χ1) is 8.24. The second kappa shape index (κ2) is 3.76. The fraction of sp³-hybridized carbons (Fsp3) is 0.333. The first kappa shape index (κ1) is 10.1. The summed E-state index contributed by atoms with van der Waals surface area (Å²) in [5.74, 6) is 1.13. The van der Waals surface area contributed by atoms with Crippen LogP contribution in [0.1, 0.15) is 34.9 Å². The van der Waals surface area contributed by atoms with Crippen LogP contribution < -0.4 is 5.32 Å². The molecule has 5 nitrogen and oxygen atoms in total. The zero-order chi connectivity index (χ0) is 11.8. The normalized spacial score (nSPS) is 14.9. The van der Waals surface area contributed by atoms with Gasteiger partial charge in [-0.25, -0.2) is 0 Å². The van der Waals surface area contributed by atoms with Crippen LogP contribution in [0.5, 0.6) is 0 Å². The first-order valence-corrected chi connectivity index (χ1v) is 5.72. The molecule has 0 bridgehead atoms. The molecular formula is C12H14N4O. The lowest BCUT2D eigenvalue weighted by Crippen LogP contribution is -2.15. The lowest BCUT2D eigenvalue weighted by atomic mass is 10.3. The van der Waals surface area contributed by atoms with Crippen LogP contribution in [0.4, 0.5) is 5.82 Å². The highest BCUT2D eigenvalue weighted by atomic mass is 16.2. The van der Waals surface area contributed by atoms with Crippen LogP contribution in [0, 0.1) is 0 Å². The highest BCUT2D eigenvalue weighted by Crippen LogP contribution is 2.39. The quantitative estimate of drug-likeness (QED) is 0.845. The van der Waals surface area contributed by atoms with E-state index in [1.165, 1.54) is 12.8 Å². The van der Waals surface area contributed by atoms with E-state index in [2.05, 4.69) is 15.5 Å². The maximum absolute atomic E-state index is 11.9. The summed E-state index contributed by atoms with van der Waals surface area (Å²) < 4.78 is 1.79. The zero-order valence-electron chi connectivity index (χ0n) is 9.60. The number of nitrogens with one attached hydrogen (secondary N) is 2. The van der Waals surface area contributed by atoms with Gasteiger partial charge < -0.3 is 9.88 Å². The van der Waals surface area contributed by atoms with Crippen molar-refractivity contribution in [2.24, 2.45) is 7.05 Å². The maximum atomic E-state index is 11.9. The van der Waals surface area contributed by atoms with E-state index in [9.17, 15) is 4.79 Å². The molecule has 1 saturated carbocycles. The van der Waals surface area contributed by atoms with Crippen LogP contribution in [0.3, 0.4) is 0 Å². The third-order valence-electron chi connectivity index (χ3n) is 3.02. The van der Waals surface area contributed by atoms with Crippen molar-refractivity contribution in [3.63, 3.8) is 0 Å². The number of carbonyl (C=O) groups excluding carboxylic acids is 1. The number of nitrogens with zero attached hydrogens (tertiary/aromatic N) is 2. The van der Waals surface area contributed by atoms with Gasteiger partial charge in [-0.3, -0.25) is 9.89 Å². The zero-order valence-corrected chi connectivity index (χ0v) is 9.60. The molecule has 0 atom stereocenters. The predicted molar refractivity (Wildman–Crippen MR) is 63.9 cm³/mol. The number of aromatic nitrogens is 3. The third kappa shape index (κ3) is 1.95. The van der Waals surface area contributed by atoms with Gasteiger partial charge in [0.15, 0.2) is 0 Å². The van der Waals surface area contributed by atoms with Gasteiger partial charge in [-0.05, 0) is 25.0 Å². The molecule has 5 heteroatoms. The summed E-state index contributed by atoms with van der Waals surface area (Å²) in [7, 11) is 1.84. The second-order valence-electron chi connectivity index (χ2n) is 4.44. The van der Waals surface area contributed by atoms with Crippen LogP contribution in [0.25, 0.3) is 0 Å². The number of amides is 1. The second-order valence-corrected chi connectivity index (χ2v) is 4.44. The van der Waals surface area contributed by atoms with Gasteiger partial charge in [-0.1, -0.05) is 0 Å². The Kier molecular flexibility index (Phi) is 2.24. The highest BCUT2D eigenvalue weighted by Gasteiger charge is 2.26. The minimum Gasteiger partial charge on any atom is -0.347 e. The van der Waals surface area contributed by atoms with E-state index in [-0.39, 0.29) is 5.91 Å². The van der Waals surface area contributed by atoms with Crippen molar-refractivity contribution in [2.45, 2.75) is 18.8 Å².